The Labute approximate surface area is 129 Å². The number of nitrogens with two attached hydrogens (primary N) is 1. The molecular weight excluding hydrogens is 280 g/mol. The Bertz CT molecular complexity index is 684. The summed E-state index contributed by atoms with van der Waals surface area (Å²) in [5, 5.41) is 2.72. The van der Waals surface area contributed by atoms with Crippen molar-refractivity contribution in [1.29, 1.82) is 0 Å². The van der Waals surface area contributed by atoms with E-state index in [0.29, 0.717) is 16.8 Å². The minimum absolute atomic E-state index is 0.304. The highest BCUT2D eigenvalue weighted by molar-refractivity contribution is 6.05. The third kappa shape index (κ3) is 3.32. The SMILES string of the molecule is CO[C@H](C(=O)Nc1cccc(C)c1C(N)=O)c1ccccc1. The van der Waals surface area contributed by atoms with E-state index in [0.717, 1.165) is 5.56 Å². The second-order valence-corrected chi connectivity index (χ2v) is 4.88. The topological polar surface area (TPSA) is 81.4 Å². The molecule has 0 spiro atoms. The molecule has 0 aliphatic heterocycles. The van der Waals surface area contributed by atoms with Crippen molar-refractivity contribution in [2.24, 2.45) is 5.73 Å². The molecular formula is C17H18N2O3. The predicted octanol–water partition coefficient (Wildman–Crippen LogP) is 2.42. The summed E-state index contributed by atoms with van der Waals surface area (Å²) in [5.74, 6) is -0.941. The maximum Gasteiger partial charge on any atom is 0.258 e. The summed E-state index contributed by atoms with van der Waals surface area (Å²) in [5.41, 5.74) is 7.52. The number of anilines is 1. The quantitative estimate of drug-likeness (QED) is 0.889. The molecule has 0 bridgehead atoms. The second kappa shape index (κ2) is 6.87. The van der Waals surface area contributed by atoms with E-state index in [9.17, 15) is 9.59 Å². The van der Waals surface area contributed by atoms with Crippen molar-refractivity contribution < 1.29 is 14.3 Å². The molecule has 2 rings (SSSR count). The number of methoxy groups -OCH3 is 1. The predicted molar refractivity (Wildman–Crippen MR) is 84.5 cm³/mol. The highest BCUT2D eigenvalue weighted by Gasteiger charge is 2.22. The zero-order valence-corrected chi connectivity index (χ0v) is 12.5. The lowest BCUT2D eigenvalue weighted by molar-refractivity contribution is -0.126. The van der Waals surface area contributed by atoms with Gasteiger partial charge in [0.15, 0.2) is 6.10 Å². The third-order valence-electron chi connectivity index (χ3n) is 3.35. The van der Waals surface area contributed by atoms with Gasteiger partial charge in [-0.05, 0) is 24.1 Å². The van der Waals surface area contributed by atoms with Crippen molar-refractivity contribution in [2.45, 2.75) is 13.0 Å². The van der Waals surface area contributed by atoms with Crippen LogP contribution < -0.4 is 11.1 Å². The Morgan fingerprint density at radius 2 is 1.77 bits per heavy atom. The van der Waals surface area contributed by atoms with Gasteiger partial charge in [-0.2, -0.15) is 0 Å². The van der Waals surface area contributed by atoms with Crippen LogP contribution >= 0.6 is 0 Å². The molecule has 0 aliphatic carbocycles. The van der Waals surface area contributed by atoms with Crippen LogP contribution in [0.2, 0.25) is 0 Å². The summed E-state index contributed by atoms with van der Waals surface area (Å²) in [6.45, 7) is 1.76. The lowest BCUT2D eigenvalue weighted by Gasteiger charge is -2.17. The van der Waals surface area contributed by atoms with Crippen LogP contribution in [-0.4, -0.2) is 18.9 Å². The number of carbonyl (C=O) groups is 2. The molecule has 0 saturated carbocycles. The maximum absolute atomic E-state index is 12.4. The van der Waals surface area contributed by atoms with E-state index in [1.807, 2.05) is 18.2 Å². The molecule has 22 heavy (non-hydrogen) atoms. The van der Waals surface area contributed by atoms with E-state index < -0.39 is 12.0 Å². The fraction of sp³-hybridized carbons (Fsp3) is 0.176. The third-order valence-corrected chi connectivity index (χ3v) is 3.35. The Balaban J connectivity index is 2.29. The summed E-state index contributed by atoms with van der Waals surface area (Å²) in [6.07, 6.45) is -0.762. The molecule has 0 heterocycles. The van der Waals surface area contributed by atoms with Crippen molar-refractivity contribution >= 4 is 17.5 Å². The zero-order chi connectivity index (χ0) is 16.1. The van der Waals surface area contributed by atoms with E-state index >= 15 is 0 Å². The van der Waals surface area contributed by atoms with E-state index in [1.54, 1.807) is 37.3 Å². The van der Waals surface area contributed by atoms with Crippen LogP contribution in [0.3, 0.4) is 0 Å². The van der Waals surface area contributed by atoms with Gasteiger partial charge < -0.3 is 15.8 Å². The Morgan fingerprint density at radius 1 is 1.09 bits per heavy atom. The first-order valence-electron chi connectivity index (χ1n) is 6.82. The molecule has 2 amide bonds. The van der Waals surface area contributed by atoms with Crippen LogP contribution in [0.4, 0.5) is 5.69 Å². The largest absolute Gasteiger partial charge is 0.367 e. The summed E-state index contributed by atoms with van der Waals surface area (Å²) in [6, 6.07) is 14.3. The van der Waals surface area contributed by atoms with Crippen LogP contribution in [0.25, 0.3) is 0 Å². The van der Waals surface area contributed by atoms with Crippen molar-refractivity contribution in [2.75, 3.05) is 12.4 Å². The summed E-state index contributed by atoms with van der Waals surface area (Å²) >= 11 is 0. The van der Waals surface area contributed by atoms with Crippen LogP contribution in [0.1, 0.15) is 27.6 Å². The number of rotatable bonds is 5. The number of hydrogen-bond donors (Lipinski definition) is 2. The summed E-state index contributed by atoms with van der Waals surface area (Å²) in [4.78, 5) is 24.0. The first kappa shape index (κ1) is 15.7. The number of hydrogen-bond acceptors (Lipinski definition) is 3. The Morgan fingerprint density at radius 3 is 2.36 bits per heavy atom. The molecule has 0 aliphatic rings. The number of ether oxygens (including phenoxy) is 1. The summed E-state index contributed by atoms with van der Waals surface area (Å²) in [7, 11) is 1.46. The number of benzene rings is 2. The average molecular weight is 298 g/mol. The molecule has 0 saturated heterocycles. The van der Waals surface area contributed by atoms with Crippen molar-refractivity contribution in [3.05, 3.63) is 65.2 Å². The van der Waals surface area contributed by atoms with E-state index in [-0.39, 0.29) is 5.91 Å². The molecule has 114 valence electrons. The first-order chi connectivity index (χ1) is 10.5. The van der Waals surface area contributed by atoms with Crippen molar-refractivity contribution in [3.63, 3.8) is 0 Å². The lowest BCUT2D eigenvalue weighted by Crippen LogP contribution is -2.25. The number of primary amides is 1. The second-order valence-electron chi connectivity index (χ2n) is 4.88. The number of aryl methyl sites for hydroxylation is 1. The standard InChI is InChI=1S/C17H18N2O3/c1-11-7-6-10-13(14(11)16(18)20)19-17(21)15(22-2)12-8-4-3-5-9-12/h3-10,15H,1-2H3,(H2,18,20)(H,19,21)/t15-/m0/s1. The van der Waals surface area contributed by atoms with Gasteiger partial charge in [0.05, 0.1) is 11.3 Å². The minimum atomic E-state index is -0.762. The molecule has 0 fully saturated rings. The summed E-state index contributed by atoms with van der Waals surface area (Å²) < 4.78 is 5.27. The average Bonchev–Trinajstić information content (AvgIpc) is 2.48. The molecule has 3 N–H and O–H groups in total. The minimum Gasteiger partial charge on any atom is -0.367 e. The van der Waals surface area contributed by atoms with Gasteiger partial charge in [0.2, 0.25) is 0 Å². The molecule has 5 nitrogen and oxygen atoms in total. The highest BCUT2D eigenvalue weighted by atomic mass is 16.5. The first-order valence-corrected chi connectivity index (χ1v) is 6.82. The van der Waals surface area contributed by atoms with Gasteiger partial charge in [-0.3, -0.25) is 9.59 Å². The fourth-order valence-electron chi connectivity index (χ4n) is 2.32. The molecule has 5 heteroatoms. The van der Waals surface area contributed by atoms with E-state index in [4.69, 9.17) is 10.5 Å². The smallest absolute Gasteiger partial charge is 0.258 e. The van der Waals surface area contributed by atoms with E-state index in [2.05, 4.69) is 5.32 Å². The monoisotopic (exact) mass is 298 g/mol. The van der Waals surface area contributed by atoms with Gasteiger partial charge in [0, 0.05) is 7.11 Å². The molecule has 0 aromatic heterocycles. The van der Waals surface area contributed by atoms with Gasteiger partial charge in [-0.25, -0.2) is 0 Å². The molecule has 0 unspecified atom stereocenters. The van der Waals surface area contributed by atoms with Gasteiger partial charge in [-0.15, -0.1) is 0 Å². The van der Waals surface area contributed by atoms with Crippen LogP contribution in [-0.2, 0) is 9.53 Å². The molecule has 1 atom stereocenters. The van der Waals surface area contributed by atoms with Crippen LogP contribution in [0.5, 0.6) is 0 Å². The lowest BCUT2D eigenvalue weighted by atomic mass is 10.0. The van der Waals surface area contributed by atoms with Gasteiger partial charge in [0.25, 0.3) is 11.8 Å². The normalized spacial score (nSPS) is 11.7. The van der Waals surface area contributed by atoms with E-state index in [1.165, 1.54) is 7.11 Å². The number of amides is 2. The number of carbonyl (C=O) groups excluding carboxylic acids is 2. The van der Waals surface area contributed by atoms with Gasteiger partial charge in [-0.1, -0.05) is 42.5 Å². The van der Waals surface area contributed by atoms with Gasteiger partial charge in [0.1, 0.15) is 0 Å². The van der Waals surface area contributed by atoms with Crippen LogP contribution in [0, 0.1) is 6.92 Å². The Hall–Kier alpha value is -2.66. The number of nitrogens with one attached hydrogen (secondary N) is 1. The highest BCUT2D eigenvalue weighted by Crippen LogP contribution is 2.23. The fourth-order valence-corrected chi connectivity index (χ4v) is 2.32. The Kier molecular flexibility index (Phi) is 4.91. The van der Waals surface area contributed by atoms with Crippen LogP contribution in [0.15, 0.2) is 48.5 Å². The maximum atomic E-state index is 12.4. The zero-order valence-electron chi connectivity index (χ0n) is 12.5. The molecule has 2 aromatic rings. The van der Waals surface area contributed by atoms with Crippen molar-refractivity contribution in [1.82, 2.24) is 0 Å². The molecule has 0 radical (unpaired) electrons. The molecule has 2 aromatic carbocycles. The van der Waals surface area contributed by atoms with Crippen molar-refractivity contribution in [3.8, 4) is 0 Å². The van der Waals surface area contributed by atoms with Gasteiger partial charge >= 0.3 is 0 Å².